The second-order valence-corrected chi connectivity index (χ2v) is 5.50. The van der Waals surface area contributed by atoms with Crippen molar-refractivity contribution in [2.24, 2.45) is 0 Å². The first-order valence-corrected chi connectivity index (χ1v) is 7.26. The van der Waals surface area contributed by atoms with Crippen LogP contribution in [0, 0.1) is 0 Å². The van der Waals surface area contributed by atoms with E-state index in [1.807, 2.05) is 48.5 Å². The predicted octanol–water partition coefficient (Wildman–Crippen LogP) is 4.17. The zero-order chi connectivity index (χ0) is 13.7. The second-order valence-electron chi connectivity index (χ2n) is 4.03. The number of ether oxygens (including phenoxy) is 1. The van der Waals surface area contributed by atoms with E-state index in [9.17, 15) is 5.11 Å². The van der Waals surface area contributed by atoms with Crippen LogP contribution in [0.1, 0.15) is 11.7 Å². The molecule has 0 aliphatic carbocycles. The molecular formula is C15H15ClO2S. The van der Waals surface area contributed by atoms with Gasteiger partial charge >= 0.3 is 0 Å². The zero-order valence-electron chi connectivity index (χ0n) is 10.5. The van der Waals surface area contributed by atoms with Crippen LogP contribution in [-0.2, 0) is 0 Å². The lowest BCUT2D eigenvalue weighted by Gasteiger charge is -2.12. The van der Waals surface area contributed by atoms with Gasteiger partial charge in [-0.15, -0.1) is 11.8 Å². The van der Waals surface area contributed by atoms with Crippen LogP contribution in [0.4, 0.5) is 0 Å². The lowest BCUT2D eigenvalue weighted by atomic mass is 10.1. The minimum Gasteiger partial charge on any atom is -0.497 e. The Bertz CT molecular complexity index is 545. The standard InChI is InChI=1S/C15H15ClO2S/c1-18-12-6-4-5-11(9-12)14(17)10-19-15-8-3-2-7-13(15)16/h2-9,14,17H,10H2,1H3. The van der Waals surface area contributed by atoms with Gasteiger partial charge in [-0.25, -0.2) is 0 Å². The third-order valence-corrected chi connectivity index (χ3v) is 4.30. The fraction of sp³-hybridized carbons (Fsp3) is 0.200. The van der Waals surface area contributed by atoms with Crippen molar-refractivity contribution in [1.82, 2.24) is 0 Å². The van der Waals surface area contributed by atoms with Crippen LogP contribution in [0.3, 0.4) is 0 Å². The third kappa shape index (κ3) is 3.90. The van der Waals surface area contributed by atoms with Gasteiger partial charge in [0.25, 0.3) is 0 Å². The summed E-state index contributed by atoms with van der Waals surface area (Å²) < 4.78 is 5.15. The number of aliphatic hydroxyl groups is 1. The van der Waals surface area contributed by atoms with Crippen molar-refractivity contribution in [3.05, 3.63) is 59.1 Å². The number of benzene rings is 2. The first kappa shape index (κ1) is 14.3. The Morgan fingerprint density at radius 2 is 2.00 bits per heavy atom. The summed E-state index contributed by atoms with van der Waals surface area (Å²) in [6.45, 7) is 0. The van der Waals surface area contributed by atoms with Gasteiger partial charge in [0.05, 0.1) is 18.2 Å². The Kier molecular flexibility index (Phi) is 5.14. The van der Waals surface area contributed by atoms with Crippen molar-refractivity contribution in [2.45, 2.75) is 11.0 Å². The summed E-state index contributed by atoms with van der Waals surface area (Å²) in [6, 6.07) is 15.1. The van der Waals surface area contributed by atoms with Crippen LogP contribution >= 0.6 is 23.4 Å². The minimum absolute atomic E-state index is 0.545. The van der Waals surface area contributed by atoms with E-state index in [2.05, 4.69) is 0 Å². The molecule has 0 aliphatic heterocycles. The summed E-state index contributed by atoms with van der Waals surface area (Å²) in [5.74, 6) is 1.30. The van der Waals surface area contributed by atoms with Gasteiger partial charge in [0.1, 0.15) is 5.75 Å². The quantitative estimate of drug-likeness (QED) is 0.839. The Labute approximate surface area is 122 Å². The molecule has 2 aromatic carbocycles. The van der Waals surface area contributed by atoms with Crippen LogP contribution in [0.2, 0.25) is 5.02 Å². The zero-order valence-corrected chi connectivity index (χ0v) is 12.1. The summed E-state index contributed by atoms with van der Waals surface area (Å²) in [4.78, 5) is 0.978. The molecule has 0 fully saturated rings. The van der Waals surface area contributed by atoms with E-state index >= 15 is 0 Å². The molecule has 0 aromatic heterocycles. The number of aliphatic hydroxyl groups excluding tert-OH is 1. The van der Waals surface area contributed by atoms with Crippen molar-refractivity contribution in [3.8, 4) is 5.75 Å². The molecule has 0 saturated heterocycles. The van der Waals surface area contributed by atoms with Gasteiger partial charge in [-0.2, -0.15) is 0 Å². The molecule has 1 N–H and O–H groups in total. The number of halogens is 1. The van der Waals surface area contributed by atoms with Gasteiger partial charge in [0.15, 0.2) is 0 Å². The molecule has 1 atom stereocenters. The minimum atomic E-state index is -0.545. The highest BCUT2D eigenvalue weighted by Gasteiger charge is 2.10. The summed E-state index contributed by atoms with van der Waals surface area (Å²) in [7, 11) is 1.62. The molecule has 2 rings (SSSR count). The molecule has 4 heteroatoms. The maximum absolute atomic E-state index is 10.2. The highest BCUT2D eigenvalue weighted by molar-refractivity contribution is 7.99. The Balaban J connectivity index is 2.01. The molecule has 0 aliphatic rings. The van der Waals surface area contributed by atoms with Gasteiger partial charge in [-0.05, 0) is 29.8 Å². The molecule has 0 spiro atoms. The topological polar surface area (TPSA) is 29.5 Å². The van der Waals surface area contributed by atoms with Crippen LogP contribution in [0.25, 0.3) is 0 Å². The molecule has 2 aromatic rings. The van der Waals surface area contributed by atoms with Crippen molar-refractivity contribution in [3.63, 3.8) is 0 Å². The molecule has 100 valence electrons. The SMILES string of the molecule is COc1cccc(C(O)CSc2ccccc2Cl)c1. The first-order chi connectivity index (χ1) is 9.20. The Hall–Kier alpha value is -1.16. The van der Waals surface area contributed by atoms with E-state index in [0.717, 1.165) is 16.2 Å². The molecule has 0 heterocycles. The highest BCUT2D eigenvalue weighted by atomic mass is 35.5. The maximum Gasteiger partial charge on any atom is 0.119 e. The van der Waals surface area contributed by atoms with Crippen LogP contribution < -0.4 is 4.74 Å². The lowest BCUT2D eigenvalue weighted by Crippen LogP contribution is -2.00. The van der Waals surface area contributed by atoms with Gasteiger partial charge in [0, 0.05) is 10.6 Å². The molecule has 0 radical (unpaired) electrons. The molecule has 0 amide bonds. The first-order valence-electron chi connectivity index (χ1n) is 5.90. The molecular weight excluding hydrogens is 280 g/mol. The Morgan fingerprint density at radius 1 is 1.21 bits per heavy atom. The smallest absolute Gasteiger partial charge is 0.119 e. The van der Waals surface area contributed by atoms with Gasteiger partial charge < -0.3 is 9.84 Å². The van der Waals surface area contributed by atoms with E-state index in [0.29, 0.717) is 10.8 Å². The largest absolute Gasteiger partial charge is 0.497 e. The summed E-state index contributed by atoms with van der Waals surface area (Å²) >= 11 is 7.62. The third-order valence-electron chi connectivity index (χ3n) is 2.71. The van der Waals surface area contributed by atoms with Gasteiger partial charge in [0.2, 0.25) is 0 Å². The van der Waals surface area contributed by atoms with Gasteiger partial charge in [-0.3, -0.25) is 0 Å². The Morgan fingerprint density at radius 3 is 2.74 bits per heavy atom. The molecule has 19 heavy (non-hydrogen) atoms. The van der Waals surface area contributed by atoms with E-state index < -0.39 is 6.10 Å². The highest BCUT2D eigenvalue weighted by Crippen LogP contribution is 2.30. The van der Waals surface area contributed by atoms with E-state index in [-0.39, 0.29) is 0 Å². The second kappa shape index (κ2) is 6.85. The number of thioether (sulfide) groups is 1. The van der Waals surface area contributed by atoms with Crippen LogP contribution in [0.15, 0.2) is 53.4 Å². The van der Waals surface area contributed by atoms with Crippen LogP contribution in [-0.4, -0.2) is 18.0 Å². The van der Waals surface area contributed by atoms with Crippen LogP contribution in [0.5, 0.6) is 5.75 Å². The van der Waals surface area contributed by atoms with Crippen molar-refractivity contribution in [1.29, 1.82) is 0 Å². The summed E-state index contributed by atoms with van der Waals surface area (Å²) in [5.41, 5.74) is 0.846. The van der Waals surface area contributed by atoms with Gasteiger partial charge in [-0.1, -0.05) is 35.9 Å². The summed E-state index contributed by atoms with van der Waals surface area (Å²) in [6.07, 6.45) is -0.545. The predicted molar refractivity (Wildman–Crippen MR) is 80.1 cm³/mol. The molecule has 1 unspecified atom stereocenters. The normalized spacial score (nSPS) is 12.2. The fourth-order valence-corrected chi connectivity index (χ4v) is 2.89. The fourth-order valence-electron chi connectivity index (χ4n) is 1.68. The average molecular weight is 295 g/mol. The number of rotatable bonds is 5. The molecule has 0 bridgehead atoms. The van der Waals surface area contributed by atoms with Crippen molar-refractivity contribution >= 4 is 23.4 Å². The van der Waals surface area contributed by atoms with E-state index in [4.69, 9.17) is 16.3 Å². The maximum atomic E-state index is 10.2. The number of hydrogen-bond acceptors (Lipinski definition) is 3. The lowest BCUT2D eigenvalue weighted by molar-refractivity contribution is 0.203. The summed E-state index contributed by atoms with van der Waals surface area (Å²) in [5, 5.41) is 10.9. The number of methoxy groups -OCH3 is 1. The monoisotopic (exact) mass is 294 g/mol. The van der Waals surface area contributed by atoms with Crippen molar-refractivity contribution in [2.75, 3.05) is 12.9 Å². The molecule has 0 saturated carbocycles. The number of hydrogen-bond donors (Lipinski definition) is 1. The van der Waals surface area contributed by atoms with Crippen molar-refractivity contribution < 1.29 is 9.84 Å². The average Bonchev–Trinajstić information content (AvgIpc) is 2.46. The molecule has 2 nitrogen and oxygen atoms in total. The van der Waals surface area contributed by atoms with E-state index in [1.165, 1.54) is 0 Å². The van der Waals surface area contributed by atoms with E-state index in [1.54, 1.807) is 18.9 Å².